The second kappa shape index (κ2) is 11.0. The van der Waals surface area contributed by atoms with Crippen LogP contribution in [0.15, 0.2) is 66.9 Å². The molecule has 0 saturated heterocycles. The molecule has 0 spiro atoms. The van der Waals surface area contributed by atoms with Crippen molar-refractivity contribution in [1.29, 1.82) is 0 Å². The first kappa shape index (κ1) is 26.2. The van der Waals surface area contributed by atoms with Crippen LogP contribution in [0.2, 0.25) is 0 Å². The number of amides is 2. The van der Waals surface area contributed by atoms with Gasteiger partial charge >= 0.3 is 0 Å². The zero-order valence-corrected chi connectivity index (χ0v) is 20.7. The van der Waals surface area contributed by atoms with E-state index >= 15 is 0 Å². The molecule has 0 radical (unpaired) electrons. The van der Waals surface area contributed by atoms with Crippen LogP contribution in [-0.4, -0.2) is 54.8 Å². The molecule has 0 fully saturated rings. The van der Waals surface area contributed by atoms with E-state index in [1.165, 1.54) is 6.92 Å². The highest BCUT2D eigenvalue weighted by atomic mass is 16.3. The number of aliphatic hydroxyl groups excluding tert-OH is 2. The Kier molecular flexibility index (Phi) is 7.82. The highest BCUT2D eigenvalue weighted by Crippen LogP contribution is 2.42. The van der Waals surface area contributed by atoms with Crippen LogP contribution in [0.25, 0.3) is 0 Å². The van der Waals surface area contributed by atoms with Gasteiger partial charge in [-0.1, -0.05) is 54.6 Å². The number of fused-ring (bicyclic) bond motifs is 1. The van der Waals surface area contributed by atoms with E-state index in [1.54, 1.807) is 35.9 Å². The zero-order chi connectivity index (χ0) is 26.6. The van der Waals surface area contributed by atoms with Crippen molar-refractivity contribution < 1.29 is 24.9 Å². The third kappa shape index (κ3) is 5.46. The van der Waals surface area contributed by atoms with Crippen LogP contribution in [0.1, 0.15) is 43.0 Å². The van der Waals surface area contributed by atoms with Gasteiger partial charge in [-0.15, -0.1) is 5.10 Å². The minimum absolute atomic E-state index is 0.0767. The van der Waals surface area contributed by atoms with Gasteiger partial charge in [-0.25, -0.2) is 0 Å². The summed E-state index contributed by atoms with van der Waals surface area (Å²) in [5.74, 6) is -1.95. The molecule has 3 aromatic rings. The first-order chi connectivity index (χ1) is 17.7. The Hall–Kier alpha value is -3.86. The molecule has 1 aliphatic rings. The molecule has 5 N–H and O–H groups in total. The number of carbonyl (C=O) groups excluding carboxylic acids is 2. The van der Waals surface area contributed by atoms with E-state index in [0.717, 1.165) is 5.56 Å². The number of aliphatic hydroxyl groups is 3. The van der Waals surface area contributed by atoms with Crippen molar-refractivity contribution in [3.8, 4) is 0 Å². The number of rotatable bonds is 10. The SMILES string of the molecule is C[C@H](O)C(=O)Nc1ccc2c(c1)[C@](O)([C@@H](C)/C=C/CCn1cc(C(CO)c3ccccc3)nn1)C(=O)N2. The first-order valence-electron chi connectivity index (χ1n) is 12.1. The van der Waals surface area contributed by atoms with E-state index < -0.39 is 29.4 Å². The van der Waals surface area contributed by atoms with Crippen LogP contribution in [-0.2, 0) is 21.7 Å². The van der Waals surface area contributed by atoms with Gasteiger partial charge in [0.15, 0.2) is 5.60 Å². The molecule has 37 heavy (non-hydrogen) atoms. The summed E-state index contributed by atoms with van der Waals surface area (Å²) >= 11 is 0. The van der Waals surface area contributed by atoms with E-state index in [2.05, 4.69) is 20.9 Å². The number of aromatic nitrogens is 3. The first-order valence-corrected chi connectivity index (χ1v) is 12.1. The Morgan fingerprint density at radius 1 is 1.22 bits per heavy atom. The van der Waals surface area contributed by atoms with E-state index in [1.807, 2.05) is 42.6 Å². The zero-order valence-electron chi connectivity index (χ0n) is 20.7. The minimum atomic E-state index is -1.82. The van der Waals surface area contributed by atoms with Crippen molar-refractivity contribution in [3.05, 3.63) is 83.7 Å². The fourth-order valence-corrected chi connectivity index (χ4v) is 4.37. The lowest BCUT2D eigenvalue weighted by molar-refractivity contribution is -0.137. The van der Waals surface area contributed by atoms with Crippen LogP contribution < -0.4 is 10.6 Å². The van der Waals surface area contributed by atoms with Crippen molar-refractivity contribution in [2.75, 3.05) is 17.2 Å². The summed E-state index contributed by atoms with van der Waals surface area (Å²) in [6.07, 6.45) is 4.84. The molecule has 1 aliphatic heterocycles. The number of aryl methyl sites for hydroxylation is 1. The molecule has 194 valence electrons. The average Bonchev–Trinajstić information content (AvgIpc) is 3.45. The number of benzene rings is 2. The number of hydrogen-bond acceptors (Lipinski definition) is 7. The summed E-state index contributed by atoms with van der Waals surface area (Å²) in [6.45, 7) is 3.55. The Morgan fingerprint density at radius 2 is 1.97 bits per heavy atom. The third-order valence-corrected chi connectivity index (χ3v) is 6.58. The molecule has 0 saturated carbocycles. The summed E-state index contributed by atoms with van der Waals surface area (Å²) in [5, 5.41) is 44.3. The second-order valence-corrected chi connectivity index (χ2v) is 9.20. The van der Waals surface area contributed by atoms with Gasteiger partial charge < -0.3 is 26.0 Å². The molecule has 4 rings (SSSR count). The molecule has 2 amide bonds. The minimum Gasteiger partial charge on any atom is -0.395 e. The summed E-state index contributed by atoms with van der Waals surface area (Å²) in [5.41, 5.74) is 1.02. The number of allylic oxidation sites excluding steroid dienone is 1. The normalized spacial score (nSPS) is 19.3. The molecule has 1 aromatic heterocycles. The molecule has 1 unspecified atom stereocenters. The molecule has 2 heterocycles. The van der Waals surface area contributed by atoms with E-state index in [9.17, 15) is 24.9 Å². The number of nitrogens with zero attached hydrogens (tertiary/aromatic N) is 3. The van der Waals surface area contributed by atoms with Gasteiger partial charge in [0.1, 0.15) is 6.10 Å². The van der Waals surface area contributed by atoms with Crippen molar-refractivity contribution in [1.82, 2.24) is 15.0 Å². The molecular formula is C27H31N5O5. The number of hydrogen-bond donors (Lipinski definition) is 5. The topological polar surface area (TPSA) is 150 Å². The monoisotopic (exact) mass is 505 g/mol. The molecule has 4 atom stereocenters. The molecule has 10 nitrogen and oxygen atoms in total. The quantitative estimate of drug-likeness (QED) is 0.265. The van der Waals surface area contributed by atoms with Crippen LogP contribution >= 0.6 is 0 Å². The highest BCUT2D eigenvalue weighted by molar-refractivity contribution is 6.06. The standard InChI is InChI=1S/C27H31N5O5/c1-17(27(37)22-14-20(28-25(35)18(2)34)11-12-23(22)29-26(27)36)8-6-7-13-32-15-24(30-31-32)21(16-33)19-9-4-3-5-10-19/h3-6,8-12,14-15,17-18,21,33-34,37H,7,13,16H2,1-2H3,(H,28,35)(H,29,36)/b8-6+/t17-,18-,21?,27+/m0/s1. The van der Waals surface area contributed by atoms with Gasteiger partial charge in [-0.05, 0) is 37.1 Å². The van der Waals surface area contributed by atoms with Crippen molar-refractivity contribution in [2.24, 2.45) is 5.92 Å². The molecular weight excluding hydrogens is 474 g/mol. The Labute approximate surface area is 214 Å². The molecule has 0 aliphatic carbocycles. The number of nitrogens with one attached hydrogen (secondary N) is 2. The molecule has 2 aromatic carbocycles. The fourth-order valence-electron chi connectivity index (χ4n) is 4.37. The molecule has 0 bridgehead atoms. The number of carbonyl (C=O) groups is 2. The van der Waals surface area contributed by atoms with Gasteiger partial charge in [0.05, 0.1) is 18.2 Å². The second-order valence-electron chi connectivity index (χ2n) is 9.20. The largest absolute Gasteiger partial charge is 0.395 e. The van der Waals surface area contributed by atoms with Gasteiger partial charge in [-0.3, -0.25) is 14.3 Å². The maximum absolute atomic E-state index is 12.7. The van der Waals surface area contributed by atoms with Crippen molar-refractivity contribution in [3.63, 3.8) is 0 Å². The lowest BCUT2D eigenvalue weighted by Gasteiger charge is -2.26. The van der Waals surface area contributed by atoms with Crippen LogP contribution in [0.3, 0.4) is 0 Å². The number of anilines is 2. The van der Waals surface area contributed by atoms with Crippen LogP contribution in [0.4, 0.5) is 11.4 Å². The summed E-state index contributed by atoms with van der Waals surface area (Å²) < 4.78 is 1.69. The lowest BCUT2D eigenvalue weighted by Crippen LogP contribution is -2.39. The summed E-state index contributed by atoms with van der Waals surface area (Å²) in [7, 11) is 0. The lowest BCUT2D eigenvalue weighted by atomic mass is 9.82. The third-order valence-electron chi connectivity index (χ3n) is 6.58. The average molecular weight is 506 g/mol. The van der Waals surface area contributed by atoms with Gasteiger partial charge in [-0.2, -0.15) is 0 Å². The van der Waals surface area contributed by atoms with Gasteiger partial charge in [0, 0.05) is 35.6 Å². The smallest absolute Gasteiger partial charge is 0.261 e. The predicted molar refractivity (Wildman–Crippen MR) is 138 cm³/mol. The van der Waals surface area contributed by atoms with Crippen LogP contribution in [0.5, 0.6) is 0 Å². The Bertz CT molecular complexity index is 1290. The van der Waals surface area contributed by atoms with E-state index in [4.69, 9.17) is 0 Å². The maximum atomic E-state index is 12.7. The Balaban J connectivity index is 1.41. The van der Waals surface area contributed by atoms with E-state index in [0.29, 0.717) is 35.6 Å². The van der Waals surface area contributed by atoms with Crippen molar-refractivity contribution in [2.45, 2.75) is 44.4 Å². The highest BCUT2D eigenvalue weighted by Gasteiger charge is 2.48. The Morgan fingerprint density at radius 3 is 2.68 bits per heavy atom. The predicted octanol–water partition coefficient (Wildman–Crippen LogP) is 2.14. The summed E-state index contributed by atoms with van der Waals surface area (Å²) in [4.78, 5) is 24.6. The van der Waals surface area contributed by atoms with Crippen molar-refractivity contribution >= 4 is 23.2 Å². The summed E-state index contributed by atoms with van der Waals surface area (Å²) in [6, 6.07) is 14.4. The van der Waals surface area contributed by atoms with Crippen LogP contribution in [0, 0.1) is 5.92 Å². The van der Waals surface area contributed by atoms with Gasteiger partial charge in [0.2, 0.25) is 0 Å². The molecule has 10 heteroatoms. The van der Waals surface area contributed by atoms with Gasteiger partial charge in [0.25, 0.3) is 11.8 Å². The maximum Gasteiger partial charge on any atom is 0.261 e. The fraction of sp³-hybridized carbons (Fsp3) is 0.333. The van der Waals surface area contributed by atoms with E-state index in [-0.39, 0.29) is 12.5 Å².